The van der Waals surface area contributed by atoms with E-state index in [9.17, 15) is 0 Å². The maximum absolute atomic E-state index is 5.59. The summed E-state index contributed by atoms with van der Waals surface area (Å²) in [5.74, 6) is 0.456. The number of fused-ring (bicyclic) bond motifs is 1. The number of hydrogen-bond donors (Lipinski definition) is 2. The Morgan fingerprint density at radius 2 is 2.31 bits per heavy atom. The lowest BCUT2D eigenvalue weighted by molar-refractivity contribution is 1.34. The van der Waals surface area contributed by atoms with E-state index in [1.54, 1.807) is 11.8 Å². The van der Waals surface area contributed by atoms with Crippen molar-refractivity contribution in [2.75, 3.05) is 12.0 Å². The van der Waals surface area contributed by atoms with Crippen molar-refractivity contribution in [3.63, 3.8) is 0 Å². The van der Waals surface area contributed by atoms with Gasteiger partial charge in [-0.25, -0.2) is 4.98 Å². The van der Waals surface area contributed by atoms with Crippen LogP contribution >= 0.6 is 27.7 Å². The molecule has 13 heavy (non-hydrogen) atoms. The molecule has 0 saturated heterocycles. The van der Waals surface area contributed by atoms with E-state index < -0.39 is 0 Å². The summed E-state index contributed by atoms with van der Waals surface area (Å²) in [6.45, 7) is 0. The largest absolute Gasteiger partial charge is 0.369 e. The molecule has 0 saturated carbocycles. The van der Waals surface area contributed by atoms with Crippen molar-refractivity contribution >= 4 is 44.7 Å². The number of H-pyrrole nitrogens is 1. The Labute approximate surface area is 88.2 Å². The number of aromatic amines is 1. The van der Waals surface area contributed by atoms with Gasteiger partial charge in [-0.05, 0) is 34.3 Å². The van der Waals surface area contributed by atoms with Gasteiger partial charge in [0.25, 0.3) is 0 Å². The third-order valence-corrected chi connectivity index (χ3v) is 3.22. The number of thioether (sulfide) groups is 1. The number of anilines is 1. The van der Waals surface area contributed by atoms with E-state index in [0.717, 1.165) is 20.4 Å². The van der Waals surface area contributed by atoms with E-state index in [4.69, 9.17) is 5.73 Å². The third-order valence-electron chi connectivity index (χ3n) is 1.80. The summed E-state index contributed by atoms with van der Waals surface area (Å²) in [5.41, 5.74) is 7.48. The average Bonchev–Trinajstić information content (AvgIpc) is 2.48. The Kier molecular flexibility index (Phi) is 2.21. The van der Waals surface area contributed by atoms with Gasteiger partial charge < -0.3 is 10.7 Å². The van der Waals surface area contributed by atoms with Crippen LogP contribution in [0.15, 0.2) is 21.5 Å². The third kappa shape index (κ3) is 1.42. The standard InChI is InChI=1S/C8H8BrN3S/c1-13-5-3-2-4(9)6-7(5)12-8(10)11-6/h2-3H,1H3,(H3,10,11,12). The molecule has 0 amide bonds. The van der Waals surface area contributed by atoms with Crippen LogP contribution in [0, 0.1) is 0 Å². The fourth-order valence-electron chi connectivity index (χ4n) is 1.22. The topological polar surface area (TPSA) is 54.7 Å². The Morgan fingerprint density at radius 3 is 3.00 bits per heavy atom. The summed E-state index contributed by atoms with van der Waals surface area (Å²) in [4.78, 5) is 8.37. The summed E-state index contributed by atoms with van der Waals surface area (Å²) >= 11 is 5.10. The minimum atomic E-state index is 0.456. The highest BCUT2D eigenvalue weighted by molar-refractivity contribution is 9.10. The number of hydrogen-bond acceptors (Lipinski definition) is 3. The molecule has 1 aromatic heterocycles. The Morgan fingerprint density at radius 1 is 1.54 bits per heavy atom. The van der Waals surface area contributed by atoms with Gasteiger partial charge in [0.2, 0.25) is 0 Å². The van der Waals surface area contributed by atoms with Crippen molar-refractivity contribution in [3.05, 3.63) is 16.6 Å². The fraction of sp³-hybridized carbons (Fsp3) is 0.125. The Balaban J connectivity index is 2.83. The molecule has 3 N–H and O–H groups in total. The molecule has 0 bridgehead atoms. The molecule has 0 aliphatic heterocycles. The highest BCUT2D eigenvalue weighted by atomic mass is 79.9. The second-order valence-corrected chi connectivity index (χ2v) is 4.30. The molecule has 0 aliphatic carbocycles. The van der Waals surface area contributed by atoms with E-state index in [0.29, 0.717) is 5.95 Å². The van der Waals surface area contributed by atoms with Crippen LogP contribution in [0.2, 0.25) is 0 Å². The predicted molar refractivity (Wildman–Crippen MR) is 60.0 cm³/mol. The fourth-order valence-corrected chi connectivity index (χ4v) is 2.20. The summed E-state index contributed by atoms with van der Waals surface area (Å²) in [7, 11) is 0. The van der Waals surface area contributed by atoms with Gasteiger partial charge in [0.15, 0.2) is 5.95 Å². The molecule has 3 nitrogen and oxygen atoms in total. The van der Waals surface area contributed by atoms with Gasteiger partial charge in [-0.3, -0.25) is 0 Å². The van der Waals surface area contributed by atoms with Crippen LogP contribution in [0.1, 0.15) is 0 Å². The first kappa shape index (κ1) is 8.90. The lowest BCUT2D eigenvalue weighted by Crippen LogP contribution is -1.84. The molecule has 1 aromatic carbocycles. The summed E-state index contributed by atoms with van der Waals surface area (Å²) < 4.78 is 0.966. The molecule has 1 heterocycles. The molecule has 0 aliphatic rings. The summed E-state index contributed by atoms with van der Waals surface area (Å²) in [6.07, 6.45) is 2.03. The van der Waals surface area contributed by atoms with Gasteiger partial charge in [-0.15, -0.1) is 11.8 Å². The number of aromatic nitrogens is 2. The number of nitrogens with one attached hydrogen (secondary N) is 1. The van der Waals surface area contributed by atoms with Crippen molar-refractivity contribution in [2.24, 2.45) is 0 Å². The monoisotopic (exact) mass is 257 g/mol. The minimum Gasteiger partial charge on any atom is -0.369 e. The summed E-state index contributed by atoms with van der Waals surface area (Å²) in [5, 5.41) is 0. The van der Waals surface area contributed by atoms with E-state index in [2.05, 4.69) is 25.9 Å². The van der Waals surface area contributed by atoms with E-state index in [-0.39, 0.29) is 0 Å². The predicted octanol–water partition coefficient (Wildman–Crippen LogP) is 2.63. The molecular formula is C8H8BrN3S. The molecule has 5 heteroatoms. The smallest absolute Gasteiger partial charge is 0.198 e. The molecule has 2 aromatic rings. The molecule has 0 radical (unpaired) electrons. The molecule has 0 atom stereocenters. The molecule has 0 fully saturated rings. The van der Waals surface area contributed by atoms with Gasteiger partial charge in [0, 0.05) is 9.37 Å². The van der Waals surface area contributed by atoms with Crippen LogP contribution in [0.5, 0.6) is 0 Å². The Hall–Kier alpha value is -0.680. The molecule has 0 spiro atoms. The van der Waals surface area contributed by atoms with Crippen LogP contribution in [-0.2, 0) is 0 Å². The van der Waals surface area contributed by atoms with Crippen molar-refractivity contribution in [3.8, 4) is 0 Å². The van der Waals surface area contributed by atoms with Crippen LogP contribution in [0.25, 0.3) is 11.0 Å². The molecule has 0 unspecified atom stereocenters. The Bertz CT molecular complexity index is 452. The zero-order valence-corrected chi connectivity index (χ0v) is 9.37. The van der Waals surface area contributed by atoms with Crippen molar-refractivity contribution in [1.29, 1.82) is 0 Å². The van der Waals surface area contributed by atoms with Crippen LogP contribution in [0.3, 0.4) is 0 Å². The van der Waals surface area contributed by atoms with Gasteiger partial charge in [-0.2, -0.15) is 0 Å². The number of rotatable bonds is 1. The zero-order valence-electron chi connectivity index (χ0n) is 6.97. The number of nitrogens with zero attached hydrogens (tertiary/aromatic N) is 1. The zero-order chi connectivity index (χ0) is 9.42. The first-order chi connectivity index (χ1) is 6.22. The van der Waals surface area contributed by atoms with Gasteiger partial charge in [0.1, 0.15) is 5.52 Å². The summed E-state index contributed by atoms with van der Waals surface area (Å²) in [6, 6.07) is 4.02. The normalized spacial score (nSPS) is 10.9. The first-order valence-electron chi connectivity index (χ1n) is 3.70. The van der Waals surface area contributed by atoms with Crippen LogP contribution in [-0.4, -0.2) is 16.2 Å². The number of halogens is 1. The van der Waals surface area contributed by atoms with Crippen molar-refractivity contribution < 1.29 is 0 Å². The van der Waals surface area contributed by atoms with Crippen molar-refractivity contribution in [2.45, 2.75) is 4.90 Å². The first-order valence-corrected chi connectivity index (χ1v) is 5.72. The van der Waals surface area contributed by atoms with Crippen molar-refractivity contribution in [1.82, 2.24) is 9.97 Å². The maximum Gasteiger partial charge on any atom is 0.198 e. The highest BCUT2D eigenvalue weighted by Gasteiger charge is 2.07. The van der Waals surface area contributed by atoms with Gasteiger partial charge in [0.05, 0.1) is 5.52 Å². The van der Waals surface area contributed by atoms with Gasteiger partial charge >= 0.3 is 0 Å². The maximum atomic E-state index is 5.59. The van der Waals surface area contributed by atoms with Crippen LogP contribution in [0.4, 0.5) is 5.95 Å². The lowest BCUT2D eigenvalue weighted by Gasteiger charge is -1.98. The minimum absolute atomic E-state index is 0.456. The van der Waals surface area contributed by atoms with E-state index in [1.807, 2.05) is 18.4 Å². The second-order valence-electron chi connectivity index (χ2n) is 2.60. The SMILES string of the molecule is CSc1ccc(Br)c2nc(N)[nH]c12. The van der Waals surface area contributed by atoms with Gasteiger partial charge in [-0.1, -0.05) is 0 Å². The lowest BCUT2D eigenvalue weighted by atomic mass is 10.3. The highest BCUT2D eigenvalue weighted by Crippen LogP contribution is 2.30. The van der Waals surface area contributed by atoms with Crippen LogP contribution < -0.4 is 5.73 Å². The van der Waals surface area contributed by atoms with E-state index in [1.165, 1.54) is 0 Å². The number of nitrogen functional groups attached to an aromatic ring is 1. The quantitative estimate of drug-likeness (QED) is 0.773. The average molecular weight is 258 g/mol. The second kappa shape index (κ2) is 3.23. The molecular weight excluding hydrogens is 250 g/mol. The number of benzene rings is 1. The molecule has 2 rings (SSSR count). The molecule has 68 valence electrons. The number of imidazole rings is 1. The van der Waals surface area contributed by atoms with E-state index >= 15 is 0 Å². The number of nitrogens with two attached hydrogens (primary N) is 1.